The average Bonchev–Trinajstić information content (AvgIpc) is 1.64. The van der Waals surface area contributed by atoms with Crippen molar-refractivity contribution in [3.05, 3.63) is 18.5 Å². The van der Waals surface area contributed by atoms with Crippen LogP contribution in [0.15, 0.2) is 18.5 Å². The second-order valence-electron chi connectivity index (χ2n) is 1.55. The number of hydrogen-bond acceptors (Lipinski definition) is 2. The number of anilines is 1. The molecule has 2 N–H and O–H groups in total. The zero-order valence-electron chi connectivity index (χ0n) is 4.33. The number of rotatable bonds is 0. The third-order valence-electron chi connectivity index (χ3n) is 0.781. The lowest BCUT2D eigenvalue weighted by atomic mass is 9.99. The van der Waals surface area contributed by atoms with E-state index >= 15 is 0 Å². The lowest BCUT2D eigenvalue weighted by Gasteiger charge is -1.90. The maximum Gasteiger partial charge on any atom is 0.116 e. The molecule has 0 saturated carbocycles. The zero-order valence-corrected chi connectivity index (χ0v) is 4.33. The molecule has 2 nitrogen and oxygen atoms in total. The van der Waals surface area contributed by atoms with Gasteiger partial charge in [0.2, 0.25) is 0 Å². The van der Waals surface area contributed by atoms with Crippen LogP contribution < -0.4 is 11.2 Å². The van der Waals surface area contributed by atoms with Crippen LogP contribution in [0, 0.1) is 0 Å². The fourth-order valence-corrected chi connectivity index (χ4v) is 0.476. The molecule has 0 amide bonds. The van der Waals surface area contributed by atoms with Crippen LogP contribution in [0.1, 0.15) is 0 Å². The first kappa shape index (κ1) is 5.16. The summed E-state index contributed by atoms with van der Waals surface area (Å²) in [6, 6.07) is 1.66. The fourth-order valence-electron chi connectivity index (χ4n) is 0.476. The Morgan fingerprint density at radius 3 is 2.62 bits per heavy atom. The Kier molecular flexibility index (Phi) is 1.20. The first-order chi connectivity index (χ1) is 3.79. The van der Waals surface area contributed by atoms with Crippen molar-refractivity contribution in [1.29, 1.82) is 0 Å². The molecule has 0 bridgehead atoms. The van der Waals surface area contributed by atoms with E-state index in [0.717, 1.165) is 0 Å². The normalized spacial score (nSPS) is 9.00. The van der Waals surface area contributed by atoms with Crippen LogP contribution in [0.25, 0.3) is 0 Å². The smallest absolute Gasteiger partial charge is 0.116 e. The van der Waals surface area contributed by atoms with E-state index in [1.54, 1.807) is 18.5 Å². The van der Waals surface area contributed by atoms with Crippen LogP contribution in [0.3, 0.4) is 0 Å². The Bertz CT molecular complexity index is 170. The number of aromatic nitrogens is 1. The van der Waals surface area contributed by atoms with E-state index in [-0.39, 0.29) is 0 Å². The average molecular weight is 104 g/mol. The topological polar surface area (TPSA) is 38.9 Å². The summed E-state index contributed by atoms with van der Waals surface area (Å²) in [6.45, 7) is 0. The Hall–Kier alpha value is -0.985. The van der Waals surface area contributed by atoms with Crippen molar-refractivity contribution in [3.8, 4) is 0 Å². The molecule has 0 aliphatic heterocycles. The summed E-state index contributed by atoms with van der Waals surface area (Å²) < 4.78 is 0. The van der Waals surface area contributed by atoms with Crippen molar-refractivity contribution in [2.24, 2.45) is 0 Å². The summed E-state index contributed by atoms with van der Waals surface area (Å²) in [5, 5.41) is 0. The monoisotopic (exact) mass is 104 g/mol. The molecule has 1 aromatic rings. The minimum Gasteiger partial charge on any atom is -0.397 e. The fraction of sp³-hybridized carbons (Fsp3) is 0. The first-order valence-electron chi connectivity index (χ1n) is 2.25. The Morgan fingerprint density at radius 2 is 2.25 bits per heavy atom. The highest BCUT2D eigenvalue weighted by Gasteiger charge is 1.82. The molecular weight excluding hydrogens is 98.9 g/mol. The Morgan fingerprint density at radius 1 is 1.50 bits per heavy atom. The SMILES string of the molecule is [B]c1cncc(N)c1. The Labute approximate surface area is 49.1 Å². The van der Waals surface area contributed by atoms with Gasteiger partial charge in [0.1, 0.15) is 7.85 Å². The van der Waals surface area contributed by atoms with E-state index in [9.17, 15) is 0 Å². The molecule has 0 saturated heterocycles. The van der Waals surface area contributed by atoms with Crippen molar-refractivity contribution in [2.45, 2.75) is 0 Å². The molecular formula is C5H5BN2. The molecule has 0 aliphatic carbocycles. The van der Waals surface area contributed by atoms with Gasteiger partial charge in [-0.25, -0.2) is 0 Å². The molecule has 1 heterocycles. The standard InChI is InChI=1S/C5H5BN2/c6-4-1-5(7)3-8-2-4/h1-3H,7H2. The number of hydrogen-bond donors (Lipinski definition) is 1. The molecule has 3 heteroatoms. The molecule has 0 fully saturated rings. The molecule has 0 atom stereocenters. The Balaban J connectivity index is 3.08. The van der Waals surface area contributed by atoms with Crippen LogP contribution in [-0.2, 0) is 0 Å². The summed E-state index contributed by atoms with van der Waals surface area (Å²) >= 11 is 0. The van der Waals surface area contributed by atoms with Crippen molar-refractivity contribution in [2.75, 3.05) is 5.73 Å². The number of nitrogens with two attached hydrogens (primary N) is 1. The second kappa shape index (κ2) is 1.86. The minimum absolute atomic E-state index is 0.602. The third kappa shape index (κ3) is 0.995. The molecule has 38 valence electrons. The van der Waals surface area contributed by atoms with Crippen molar-refractivity contribution >= 4 is 19.0 Å². The van der Waals surface area contributed by atoms with Gasteiger partial charge in [-0.3, -0.25) is 4.98 Å². The van der Waals surface area contributed by atoms with Crippen molar-refractivity contribution in [1.82, 2.24) is 4.98 Å². The van der Waals surface area contributed by atoms with Gasteiger partial charge in [0.05, 0.1) is 0 Å². The van der Waals surface area contributed by atoms with Gasteiger partial charge in [-0.1, -0.05) is 5.46 Å². The van der Waals surface area contributed by atoms with Gasteiger partial charge < -0.3 is 5.73 Å². The summed E-state index contributed by atoms with van der Waals surface area (Å²) in [5.74, 6) is 0. The van der Waals surface area contributed by atoms with Gasteiger partial charge in [0.25, 0.3) is 0 Å². The number of nitrogen functional groups attached to an aromatic ring is 1. The summed E-state index contributed by atoms with van der Waals surface area (Å²) in [5.41, 5.74) is 6.52. The number of nitrogens with zero attached hydrogens (tertiary/aromatic N) is 1. The van der Waals surface area contributed by atoms with Crippen LogP contribution in [0.2, 0.25) is 0 Å². The van der Waals surface area contributed by atoms with Gasteiger partial charge >= 0.3 is 0 Å². The largest absolute Gasteiger partial charge is 0.397 e. The van der Waals surface area contributed by atoms with Gasteiger partial charge in [0, 0.05) is 18.1 Å². The predicted molar refractivity (Wildman–Crippen MR) is 34.0 cm³/mol. The van der Waals surface area contributed by atoms with E-state index in [0.29, 0.717) is 11.2 Å². The summed E-state index contributed by atoms with van der Waals surface area (Å²) in [4.78, 5) is 3.73. The lowest BCUT2D eigenvalue weighted by molar-refractivity contribution is 1.35. The maximum absolute atomic E-state index is 5.32. The molecule has 2 radical (unpaired) electrons. The van der Waals surface area contributed by atoms with Gasteiger partial charge in [0.15, 0.2) is 0 Å². The summed E-state index contributed by atoms with van der Waals surface area (Å²) in [7, 11) is 5.32. The van der Waals surface area contributed by atoms with Crippen LogP contribution in [0.5, 0.6) is 0 Å². The summed E-state index contributed by atoms with van der Waals surface area (Å²) in [6.07, 6.45) is 3.10. The first-order valence-corrected chi connectivity index (χ1v) is 2.25. The van der Waals surface area contributed by atoms with E-state index in [4.69, 9.17) is 13.6 Å². The van der Waals surface area contributed by atoms with Crippen molar-refractivity contribution in [3.63, 3.8) is 0 Å². The highest BCUT2D eigenvalue weighted by molar-refractivity contribution is 6.32. The van der Waals surface area contributed by atoms with E-state index in [1.165, 1.54) is 0 Å². The van der Waals surface area contributed by atoms with Gasteiger partial charge in [-0.2, -0.15) is 0 Å². The van der Waals surface area contributed by atoms with Gasteiger partial charge in [-0.05, 0) is 6.07 Å². The molecule has 0 spiro atoms. The molecule has 1 aromatic heterocycles. The minimum atomic E-state index is 0.602. The second-order valence-corrected chi connectivity index (χ2v) is 1.55. The zero-order chi connectivity index (χ0) is 5.98. The van der Waals surface area contributed by atoms with E-state index < -0.39 is 0 Å². The van der Waals surface area contributed by atoms with E-state index in [1.807, 2.05) is 0 Å². The third-order valence-corrected chi connectivity index (χ3v) is 0.781. The van der Waals surface area contributed by atoms with Crippen molar-refractivity contribution < 1.29 is 0 Å². The maximum atomic E-state index is 5.32. The lowest BCUT2D eigenvalue weighted by Crippen LogP contribution is -2.03. The van der Waals surface area contributed by atoms with Crippen LogP contribution >= 0.6 is 0 Å². The highest BCUT2D eigenvalue weighted by Crippen LogP contribution is 1.89. The highest BCUT2D eigenvalue weighted by atomic mass is 14.7. The van der Waals surface area contributed by atoms with E-state index in [2.05, 4.69) is 4.98 Å². The van der Waals surface area contributed by atoms with Crippen LogP contribution in [-0.4, -0.2) is 12.8 Å². The number of pyridine rings is 1. The molecule has 0 aliphatic rings. The molecule has 0 unspecified atom stereocenters. The van der Waals surface area contributed by atoms with Crippen LogP contribution in [0.4, 0.5) is 5.69 Å². The molecule has 0 aromatic carbocycles. The molecule has 8 heavy (non-hydrogen) atoms. The van der Waals surface area contributed by atoms with Gasteiger partial charge in [-0.15, -0.1) is 0 Å². The molecule has 1 rings (SSSR count). The predicted octanol–water partition coefficient (Wildman–Crippen LogP) is -0.542. The quantitative estimate of drug-likeness (QED) is 0.449.